The number of amides is 2. The number of hydrazine groups is 1. The molecule has 5 rings (SSSR count). The van der Waals surface area contributed by atoms with Crippen LogP contribution in [0.2, 0.25) is 0 Å². The molecule has 0 atom stereocenters. The smallest absolute Gasteiger partial charge is 0.387 e. The van der Waals surface area contributed by atoms with Crippen molar-refractivity contribution in [2.24, 2.45) is 0 Å². The molecule has 180 valence electrons. The van der Waals surface area contributed by atoms with E-state index in [1.54, 1.807) is 6.07 Å². The quantitative estimate of drug-likeness (QED) is 0.479. The van der Waals surface area contributed by atoms with Crippen molar-refractivity contribution in [3.63, 3.8) is 0 Å². The number of halogens is 2. The molecule has 0 saturated carbocycles. The Kier molecular flexibility index (Phi) is 5.80. The molecular weight excluding hydrogens is 452 g/mol. The molecule has 3 aromatic carbocycles. The molecule has 8 heteroatoms. The number of hydrogen-bond acceptors (Lipinski definition) is 4. The molecule has 0 saturated heterocycles. The van der Waals surface area contributed by atoms with Crippen LogP contribution in [0.4, 0.5) is 19.3 Å². The van der Waals surface area contributed by atoms with E-state index in [0.717, 1.165) is 22.4 Å². The fraction of sp³-hybridized carbons (Fsp3) is 0.222. The number of nitrogens with zero attached hydrogens (tertiary/aromatic N) is 1. The van der Waals surface area contributed by atoms with Gasteiger partial charge in [0.2, 0.25) is 0 Å². The average Bonchev–Trinajstić information content (AvgIpc) is 3.40. The van der Waals surface area contributed by atoms with Crippen LogP contribution in [0.15, 0.2) is 72.8 Å². The van der Waals surface area contributed by atoms with Crippen LogP contribution in [0, 0.1) is 0 Å². The topological polar surface area (TPSA) is 62.8 Å². The molecule has 6 nitrogen and oxygen atoms in total. The SMILES string of the molecule is CC1(C)Cc2cc(NC(=O)N3CC(c4ccccc4)=C(c4ccccc4)N3)cc(OC(F)F)c2O1. The lowest BCUT2D eigenvalue weighted by molar-refractivity contribution is -0.0522. The number of carbonyl (C=O) groups excluding carboxylic acids is 1. The highest BCUT2D eigenvalue weighted by Crippen LogP contribution is 2.44. The summed E-state index contributed by atoms with van der Waals surface area (Å²) in [6.07, 6.45) is 0.505. The third-order valence-electron chi connectivity index (χ3n) is 5.89. The van der Waals surface area contributed by atoms with Crippen molar-refractivity contribution in [3.8, 4) is 11.5 Å². The molecule has 0 unspecified atom stereocenters. The van der Waals surface area contributed by atoms with Gasteiger partial charge in [-0.05, 0) is 31.0 Å². The summed E-state index contributed by atoms with van der Waals surface area (Å²) in [5.41, 5.74) is 7.46. The fourth-order valence-corrected chi connectivity index (χ4v) is 4.45. The highest BCUT2D eigenvalue weighted by molar-refractivity contribution is 5.98. The van der Waals surface area contributed by atoms with E-state index in [1.165, 1.54) is 11.1 Å². The minimum Gasteiger partial charge on any atom is -0.483 e. The van der Waals surface area contributed by atoms with Crippen LogP contribution in [0.3, 0.4) is 0 Å². The summed E-state index contributed by atoms with van der Waals surface area (Å²) in [6.45, 7) is 1.05. The van der Waals surface area contributed by atoms with Gasteiger partial charge in [-0.3, -0.25) is 5.43 Å². The van der Waals surface area contributed by atoms with E-state index in [0.29, 0.717) is 24.2 Å². The Morgan fingerprint density at radius 3 is 2.37 bits per heavy atom. The Labute approximate surface area is 202 Å². The highest BCUT2D eigenvalue weighted by atomic mass is 19.3. The zero-order chi connectivity index (χ0) is 24.6. The van der Waals surface area contributed by atoms with Crippen molar-refractivity contribution in [2.45, 2.75) is 32.5 Å². The molecule has 2 aliphatic rings. The van der Waals surface area contributed by atoms with Crippen molar-refractivity contribution in [1.82, 2.24) is 10.4 Å². The van der Waals surface area contributed by atoms with Gasteiger partial charge in [-0.1, -0.05) is 60.7 Å². The summed E-state index contributed by atoms with van der Waals surface area (Å²) in [5, 5.41) is 4.28. The van der Waals surface area contributed by atoms with E-state index in [2.05, 4.69) is 10.7 Å². The summed E-state index contributed by atoms with van der Waals surface area (Å²) >= 11 is 0. The number of nitrogens with one attached hydrogen (secondary N) is 2. The van der Waals surface area contributed by atoms with E-state index in [4.69, 9.17) is 9.47 Å². The molecule has 0 spiro atoms. The molecule has 2 N–H and O–H groups in total. The second kappa shape index (κ2) is 8.94. The Balaban J connectivity index is 1.40. The molecule has 0 aromatic heterocycles. The number of anilines is 1. The van der Waals surface area contributed by atoms with Crippen LogP contribution < -0.4 is 20.2 Å². The zero-order valence-corrected chi connectivity index (χ0v) is 19.3. The Morgan fingerprint density at radius 1 is 1.06 bits per heavy atom. The van der Waals surface area contributed by atoms with Crippen molar-refractivity contribution >= 4 is 23.0 Å². The molecule has 2 heterocycles. The standard InChI is InChI=1S/C27H25F2N3O3/c1-27(2)15-19-13-20(14-22(24(19)35-27)34-25(28)29)30-26(33)32-16-21(17-9-5-3-6-10-17)23(31-32)18-11-7-4-8-12-18/h3-14,25,31H,15-16H2,1-2H3,(H,30,33). The molecule has 0 aliphatic carbocycles. The lowest BCUT2D eigenvalue weighted by Crippen LogP contribution is -2.40. The summed E-state index contributed by atoms with van der Waals surface area (Å²) < 4.78 is 36.6. The van der Waals surface area contributed by atoms with Crippen LogP contribution in [0.1, 0.15) is 30.5 Å². The number of fused-ring (bicyclic) bond motifs is 1. The second-order valence-electron chi connectivity index (χ2n) is 9.09. The lowest BCUT2D eigenvalue weighted by Gasteiger charge is -2.20. The lowest BCUT2D eigenvalue weighted by atomic mass is 10.0. The molecule has 0 bridgehead atoms. The maximum Gasteiger partial charge on any atom is 0.387 e. The van der Waals surface area contributed by atoms with Gasteiger partial charge < -0.3 is 14.8 Å². The normalized spacial score (nSPS) is 16.1. The third-order valence-corrected chi connectivity index (χ3v) is 5.89. The number of carbonyl (C=O) groups is 1. The molecule has 2 aliphatic heterocycles. The van der Waals surface area contributed by atoms with Gasteiger partial charge in [0.25, 0.3) is 0 Å². The van der Waals surface area contributed by atoms with Gasteiger partial charge >= 0.3 is 12.6 Å². The number of benzene rings is 3. The van der Waals surface area contributed by atoms with Crippen molar-refractivity contribution < 1.29 is 23.0 Å². The predicted molar refractivity (Wildman–Crippen MR) is 130 cm³/mol. The summed E-state index contributed by atoms with van der Waals surface area (Å²) in [6, 6.07) is 22.3. The minimum absolute atomic E-state index is 0.0965. The van der Waals surface area contributed by atoms with E-state index in [1.807, 2.05) is 74.5 Å². The van der Waals surface area contributed by atoms with Gasteiger partial charge in [0, 0.05) is 29.3 Å². The Bertz CT molecular complexity index is 1230. The van der Waals surface area contributed by atoms with Crippen LogP contribution >= 0.6 is 0 Å². The van der Waals surface area contributed by atoms with E-state index < -0.39 is 18.2 Å². The minimum atomic E-state index is -3.01. The summed E-state index contributed by atoms with van der Waals surface area (Å²) in [7, 11) is 0. The van der Waals surface area contributed by atoms with E-state index in [9.17, 15) is 13.6 Å². The Morgan fingerprint density at radius 2 is 1.71 bits per heavy atom. The maximum absolute atomic E-state index is 13.2. The van der Waals surface area contributed by atoms with Gasteiger partial charge in [-0.25, -0.2) is 9.80 Å². The van der Waals surface area contributed by atoms with Crippen molar-refractivity contribution in [1.29, 1.82) is 0 Å². The molecule has 0 radical (unpaired) electrons. The average molecular weight is 478 g/mol. The maximum atomic E-state index is 13.2. The van der Waals surface area contributed by atoms with Crippen LogP contribution in [-0.4, -0.2) is 29.8 Å². The molecule has 3 aromatic rings. The van der Waals surface area contributed by atoms with Crippen molar-refractivity contribution in [2.75, 3.05) is 11.9 Å². The van der Waals surface area contributed by atoms with Crippen LogP contribution in [0.25, 0.3) is 11.3 Å². The van der Waals surface area contributed by atoms with E-state index >= 15 is 0 Å². The van der Waals surface area contributed by atoms with Gasteiger partial charge in [-0.2, -0.15) is 8.78 Å². The monoisotopic (exact) mass is 477 g/mol. The highest BCUT2D eigenvalue weighted by Gasteiger charge is 2.34. The van der Waals surface area contributed by atoms with Crippen molar-refractivity contribution in [3.05, 3.63) is 89.5 Å². The first kappa shape index (κ1) is 22.7. The van der Waals surface area contributed by atoms with Crippen LogP contribution in [0.5, 0.6) is 11.5 Å². The number of alkyl halides is 2. The number of urea groups is 1. The molecule has 2 amide bonds. The summed E-state index contributed by atoms with van der Waals surface area (Å²) in [4.78, 5) is 13.2. The molecule has 35 heavy (non-hydrogen) atoms. The van der Waals surface area contributed by atoms with Gasteiger partial charge in [0.1, 0.15) is 5.60 Å². The van der Waals surface area contributed by atoms with Crippen LogP contribution in [-0.2, 0) is 6.42 Å². The van der Waals surface area contributed by atoms with Gasteiger partial charge in [0.05, 0.1) is 12.2 Å². The molecular formula is C27H25F2N3O3. The first-order chi connectivity index (χ1) is 16.8. The number of hydrogen-bond donors (Lipinski definition) is 2. The number of ether oxygens (including phenoxy) is 2. The zero-order valence-electron chi connectivity index (χ0n) is 19.3. The predicted octanol–water partition coefficient (Wildman–Crippen LogP) is 5.92. The number of rotatable bonds is 5. The fourth-order valence-electron chi connectivity index (χ4n) is 4.45. The van der Waals surface area contributed by atoms with E-state index in [-0.39, 0.29) is 11.5 Å². The largest absolute Gasteiger partial charge is 0.483 e. The second-order valence-corrected chi connectivity index (χ2v) is 9.09. The first-order valence-corrected chi connectivity index (χ1v) is 11.3. The molecule has 0 fully saturated rings. The summed E-state index contributed by atoms with van der Waals surface area (Å²) in [5.74, 6) is 0.188. The Hall–Kier alpha value is -4.07. The van der Waals surface area contributed by atoms with Gasteiger partial charge in [0.15, 0.2) is 11.5 Å². The van der Waals surface area contributed by atoms with Gasteiger partial charge in [-0.15, -0.1) is 0 Å². The first-order valence-electron chi connectivity index (χ1n) is 11.3. The third kappa shape index (κ3) is 4.77.